The Morgan fingerprint density at radius 3 is 2.79 bits per heavy atom. The van der Waals surface area contributed by atoms with E-state index in [4.69, 9.17) is 9.47 Å². The third kappa shape index (κ3) is 2.40. The maximum atomic E-state index is 10.2. The van der Waals surface area contributed by atoms with Gasteiger partial charge in [0.2, 0.25) is 0 Å². The topological polar surface area (TPSA) is 38.8 Å². The highest BCUT2D eigenvalue weighted by Gasteiger charge is 2.38. The van der Waals surface area contributed by atoms with Crippen LogP contribution < -0.4 is 0 Å². The Morgan fingerprint density at radius 1 is 1.36 bits per heavy atom. The smallest absolute Gasteiger partial charge is 0.151 e. The molecule has 0 saturated carbocycles. The number of hydrogen-bond acceptors (Lipinski definition) is 3. The summed E-state index contributed by atoms with van der Waals surface area (Å²) in [6, 6.07) is 9.92. The fraction of sp³-hybridized carbons (Fsp3) is 0.364. The molecule has 2 rings (SSSR count). The van der Waals surface area contributed by atoms with Crippen molar-refractivity contribution in [1.29, 1.82) is 0 Å². The second-order valence-electron chi connectivity index (χ2n) is 3.28. The predicted octanol–water partition coefficient (Wildman–Crippen LogP) is 1.17. The fourth-order valence-corrected chi connectivity index (χ4v) is 1.28. The number of carbonyl (C=O) groups is 1. The lowest BCUT2D eigenvalue weighted by Crippen LogP contribution is -2.05. The van der Waals surface area contributed by atoms with E-state index in [1.807, 2.05) is 30.3 Å². The molecule has 1 aromatic carbocycles. The van der Waals surface area contributed by atoms with Crippen LogP contribution in [0.25, 0.3) is 0 Å². The lowest BCUT2D eigenvalue weighted by molar-refractivity contribution is -0.108. The molecule has 0 unspecified atom stereocenters. The van der Waals surface area contributed by atoms with Crippen molar-refractivity contribution in [2.45, 2.75) is 18.8 Å². The molecule has 0 aliphatic carbocycles. The van der Waals surface area contributed by atoms with Crippen molar-refractivity contribution in [3.8, 4) is 0 Å². The number of aldehydes is 1. The van der Waals surface area contributed by atoms with Gasteiger partial charge in [0.25, 0.3) is 0 Å². The second-order valence-corrected chi connectivity index (χ2v) is 3.28. The van der Waals surface area contributed by atoms with Crippen LogP contribution in [-0.4, -0.2) is 25.1 Å². The molecule has 1 saturated heterocycles. The van der Waals surface area contributed by atoms with Crippen LogP contribution in [0.1, 0.15) is 5.56 Å². The first-order valence-electron chi connectivity index (χ1n) is 4.62. The van der Waals surface area contributed by atoms with E-state index in [2.05, 4.69) is 0 Å². The van der Waals surface area contributed by atoms with Gasteiger partial charge in [0.15, 0.2) is 6.29 Å². The Labute approximate surface area is 82.6 Å². The van der Waals surface area contributed by atoms with E-state index < -0.39 is 0 Å². The molecule has 2 atom stereocenters. The van der Waals surface area contributed by atoms with Crippen LogP contribution in [0.15, 0.2) is 30.3 Å². The van der Waals surface area contributed by atoms with Crippen LogP contribution in [0.2, 0.25) is 0 Å². The molecule has 3 nitrogen and oxygen atoms in total. The third-order valence-corrected chi connectivity index (χ3v) is 2.15. The average molecular weight is 192 g/mol. The van der Waals surface area contributed by atoms with Gasteiger partial charge in [0.05, 0.1) is 13.2 Å². The van der Waals surface area contributed by atoms with Gasteiger partial charge in [-0.2, -0.15) is 0 Å². The molecule has 0 radical (unpaired) electrons. The van der Waals surface area contributed by atoms with Crippen LogP contribution in [-0.2, 0) is 20.9 Å². The van der Waals surface area contributed by atoms with Crippen molar-refractivity contribution >= 4 is 6.29 Å². The summed E-state index contributed by atoms with van der Waals surface area (Å²) in [6.07, 6.45) is 0.568. The van der Waals surface area contributed by atoms with E-state index in [-0.39, 0.29) is 12.2 Å². The number of epoxide rings is 1. The van der Waals surface area contributed by atoms with Gasteiger partial charge < -0.3 is 14.3 Å². The van der Waals surface area contributed by atoms with Crippen molar-refractivity contribution in [2.24, 2.45) is 0 Å². The van der Waals surface area contributed by atoms with E-state index in [0.717, 1.165) is 11.8 Å². The zero-order valence-electron chi connectivity index (χ0n) is 7.76. The standard InChI is InChI=1S/C11H12O3/c12-6-10-11(14-10)8-13-7-9-4-2-1-3-5-9/h1-6,10-11H,7-8H2/t10-,11+/m1/s1. The van der Waals surface area contributed by atoms with Gasteiger partial charge in [0.1, 0.15) is 12.2 Å². The predicted molar refractivity (Wildman–Crippen MR) is 50.8 cm³/mol. The molecule has 1 heterocycles. The average Bonchev–Trinajstić information content (AvgIpc) is 2.98. The van der Waals surface area contributed by atoms with Gasteiger partial charge in [-0.3, -0.25) is 0 Å². The van der Waals surface area contributed by atoms with Gasteiger partial charge in [-0.25, -0.2) is 0 Å². The number of hydrogen-bond donors (Lipinski definition) is 0. The Balaban J connectivity index is 1.67. The highest BCUT2D eigenvalue weighted by Crippen LogP contribution is 2.19. The molecule has 74 valence electrons. The molecule has 3 heteroatoms. The molecule has 1 aromatic rings. The summed E-state index contributed by atoms with van der Waals surface area (Å²) in [5.41, 5.74) is 1.14. The zero-order chi connectivity index (χ0) is 9.80. The van der Waals surface area contributed by atoms with Gasteiger partial charge in [-0.05, 0) is 5.56 Å². The maximum Gasteiger partial charge on any atom is 0.151 e. The van der Waals surface area contributed by atoms with Crippen molar-refractivity contribution in [1.82, 2.24) is 0 Å². The summed E-state index contributed by atoms with van der Waals surface area (Å²) in [5, 5.41) is 0. The van der Waals surface area contributed by atoms with E-state index in [1.165, 1.54) is 0 Å². The first-order chi connectivity index (χ1) is 6.90. The molecule has 1 aliphatic rings. The Morgan fingerprint density at radius 2 is 2.14 bits per heavy atom. The minimum atomic E-state index is -0.231. The van der Waals surface area contributed by atoms with E-state index in [9.17, 15) is 4.79 Å². The first-order valence-corrected chi connectivity index (χ1v) is 4.62. The van der Waals surface area contributed by atoms with Crippen LogP contribution in [0.5, 0.6) is 0 Å². The molecule has 0 spiro atoms. The summed E-state index contributed by atoms with van der Waals surface area (Å²) >= 11 is 0. The minimum absolute atomic E-state index is 0.0174. The molecule has 1 fully saturated rings. The van der Waals surface area contributed by atoms with Gasteiger partial charge in [0, 0.05) is 0 Å². The number of ether oxygens (including phenoxy) is 2. The summed E-state index contributed by atoms with van der Waals surface area (Å²) in [4.78, 5) is 10.2. The van der Waals surface area contributed by atoms with Crippen LogP contribution in [0.4, 0.5) is 0 Å². The minimum Gasteiger partial charge on any atom is -0.374 e. The fourth-order valence-electron chi connectivity index (χ4n) is 1.28. The van der Waals surface area contributed by atoms with Gasteiger partial charge in [-0.1, -0.05) is 30.3 Å². The molecule has 0 amide bonds. The highest BCUT2D eigenvalue weighted by molar-refractivity contribution is 5.60. The normalized spacial score (nSPS) is 24.6. The van der Waals surface area contributed by atoms with Crippen molar-refractivity contribution in [2.75, 3.05) is 6.61 Å². The Kier molecular flexibility index (Phi) is 2.91. The number of carbonyl (C=O) groups excluding carboxylic acids is 1. The van der Waals surface area contributed by atoms with E-state index in [1.54, 1.807) is 0 Å². The van der Waals surface area contributed by atoms with Crippen LogP contribution in [0.3, 0.4) is 0 Å². The van der Waals surface area contributed by atoms with Crippen LogP contribution >= 0.6 is 0 Å². The van der Waals surface area contributed by atoms with Crippen molar-refractivity contribution in [3.63, 3.8) is 0 Å². The number of rotatable bonds is 5. The molecule has 1 aliphatic heterocycles. The van der Waals surface area contributed by atoms with Crippen molar-refractivity contribution < 1.29 is 14.3 Å². The lowest BCUT2D eigenvalue weighted by atomic mass is 10.2. The van der Waals surface area contributed by atoms with E-state index >= 15 is 0 Å². The first kappa shape index (κ1) is 9.37. The Hall–Kier alpha value is -1.19. The summed E-state index contributed by atoms with van der Waals surface area (Å²) in [7, 11) is 0. The van der Waals surface area contributed by atoms with Crippen molar-refractivity contribution in [3.05, 3.63) is 35.9 Å². The third-order valence-electron chi connectivity index (χ3n) is 2.15. The molecular formula is C11H12O3. The summed E-state index contributed by atoms with van der Waals surface area (Å²) in [6.45, 7) is 1.07. The monoisotopic (exact) mass is 192 g/mol. The number of benzene rings is 1. The Bertz CT molecular complexity index is 297. The van der Waals surface area contributed by atoms with Gasteiger partial charge >= 0.3 is 0 Å². The largest absolute Gasteiger partial charge is 0.374 e. The molecule has 0 aromatic heterocycles. The zero-order valence-corrected chi connectivity index (χ0v) is 7.76. The summed E-state index contributed by atoms with van der Waals surface area (Å²) in [5.74, 6) is 0. The molecule has 0 N–H and O–H groups in total. The molecule has 14 heavy (non-hydrogen) atoms. The SMILES string of the molecule is O=C[C@H]1O[C@H]1COCc1ccccc1. The van der Waals surface area contributed by atoms with Crippen LogP contribution in [0, 0.1) is 0 Å². The molecular weight excluding hydrogens is 180 g/mol. The molecule has 0 bridgehead atoms. The summed E-state index contributed by atoms with van der Waals surface area (Å²) < 4.78 is 10.4. The maximum absolute atomic E-state index is 10.2. The quantitative estimate of drug-likeness (QED) is 0.519. The second kappa shape index (κ2) is 4.35. The highest BCUT2D eigenvalue weighted by atomic mass is 16.6. The lowest BCUT2D eigenvalue weighted by Gasteiger charge is -2.01. The van der Waals surface area contributed by atoms with E-state index in [0.29, 0.717) is 13.2 Å². The van der Waals surface area contributed by atoms with Gasteiger partial charge in [-0.15, -0.1) is 0 Å².